The van der Waals surface area contributed by atoms with Crippen LogP contribution >= 0.6 is 0 Å². The minimum absolute atomic E-state index is 0.0265. The zero-order chi connectivity index (χ0) is 23.9. The summed E-state index contributed by atoms with van der Waals surface area (Å²) in [6.07, 6.45) is -0.582. The van der Waals surface area contributed by atoms with Crippen molar-refractivity contribution in [3.8, 4) is 0 Å². The van der Waals surface area contributed by atoms with E-state index in [1.54, 1.807) is 46.4 Å². The number of hydrogen-bond acceptors (Lipinski definition) is 5. The van der Waals surface area contributed by atoms with E-state index in [2.05, 4.69) is 15.3 Å². The molecule has 0 saturated carbocycles. The zero-order valence-electron chi connectivity index (χ0n) is 19.3. The summed E-state index contributed by atoms with van der Waals surface area (Å²) in [6.45, 7) is 11.1. The minimum atomic E-state index is -1.07. The Morgan fingerprint density at radius 1 is 1.06 bits per heavy atom. The molecule has 0 spiro atoms. The van der Waals surface area contributed by atoms with Gasteiger partial charge in [0, 0.05) is 19.2 Å². The molecule has 32 heavy (non-hydrogen) atoms. The van der Waals surface area contributed by atoms with Crippen LogP contribution in [-0.4, -0.2) is 51.3 Å². The molecule has 2 amide bonds. The lowest BCUT2D eigenvalue weighted by Gasteiger charge is -2.41. The molecule has 2 heterocycles. The number of imidazole rings is 1. The van der Waals surface area contributed by atoms with Crippen molar-refractivity contribution in [2.75, 3.05) is 13.1 Å². The summed E-state index contributed by atoms with van der Waals surface area (Å²) in [5.41, 5.74) is -2.28. The number of rotatable bonds is 2. The summed E-state index contributed by atoms with van der Waals surface area (Å²) < 4.78 is 38.8. The van der Waals surface area contributed by atoms with E-state index >= 15 is 0 Å². The van der Waals surface area contributed by atoms with Crippen molar-refractivity contribution < 1.29 is 27.8 Å². The second-order valence-corrected chi connectivity index (χ2v) is 10.0. The first-order valence-electron chi connectivity index (χ1n) is 10.5. The Morgan fingerprint density at radius 2 is 1.66 bits per heavy atom. The number of likely N-dealkylation sites (tertiary alicyclic amines) is 1. The number of alkyl carbamates (subject to hydrolysis) is 1. The Morgan fingerprint density at radius 3 is 2.22 bits per heavy atom. The van der Waals surface area contributed by atoms with E-state index in [9.17, 15) is 18.4 Å². The van der Waals surface area contributed by atoms with Gasteiger partial charge in [-0.2, -0.15) is 0 Å². The van der Waals surface area contributed by atoms with Gasteiger partial charge in [-0.15, -0.1) is 0 Å². The Kier molecular flexibility index (Phi) is 6.10. The zero-order valence-corrected chi connectivity index (χ0v) is 19.3. The number of ether oxygens (including phenoxy) is 2. The maximum atomic E-state index is 14.3. The highest BCUT2D eigenvalue weighted by Crippen LogP contribution is 2.34. The highest BCUT2D eigenvalue weighted by Gasteiger charge is 2.43. The van der Waals surface area contributed by atoms with Crippen LogP contribution in [0.3, 0.4) is 0 Å². The van der Waals surface area contributed by atoms with Crippen LogP contribution in [0.2, 0.25) is 0 Å². The average molecular weight is 453 g/mol. The van der Waals surface area contributed by atoms with E-state index in [0.717, 1.165) is 12.1 Å². The molecule has 1 saturated heterocycles. The van der Waals surface area contributed by atoms with E-state index < -0.39 is 40.6 Å². The predicted molar refractivity (Wildman–Crippen MR) is 114 cm³/mol. The van der Waals surface area contributed by atoms with Gasteiger partial charge in [0.15, 0.2) is 5.82 Å². The van der Waals surface area contributed by atoms with Gasteiger partial charge in [-0.1, -0.05) is 0 Å². The van der Waals surface area contributed by atoms with Crippen molar-refractivity contribution in [1.82, 2.24) is 20.2 Å². The Hall–Kier alpha value is -2.91. The van der Waals surface area contributed by atoms with Gasteiger partial charge in [-0.05, 0) is 60.5 Å². The molecule has 3 rings (SSSR count). The fourth-order valence-electron chi connectivity index (χ4n) is 3.59. The Bertz CT molecular complexity index is 1020. The van der Waals surface area contributed by atoms with E-state index in [-0.39, 0.29) is 42.8 Å². The first-order chi connectivity index (χ1) is 14.7. The molecule has 2 aromatic rings. The van der Waals surface area contributed by atoms with Gasteiger partial charge in [0.05, 0.1) is 5.52 Å². The fourth-order valence-corrected chi connectivity index (χ4v) is 3.59. The SMILES string of the molecule is CC(C)(C)OC(=O)NC1(c2nc3c(F)cc(F)cc3[nH]2)CCN(C(=O)OC(C)(C)C)CC1. The molecule has 0 aliphatic carbocycles. The molecule has 0 unspecified atom stereocenters. The van der Waals surface area contributed by atoms with Crippen LogP contribution in [0.1, 0.15) is 60.2 Å². The molecule has 0 atom stereocenters. The molecular weight excluding hydrogens is 422 g/mol. The first-order valence-corrected chi connectivity index (χ1v) is 10.5. The van der Waals surface area contributed by atoms with Crippen molar-refractivity contribution in [3.63, 3.8) is 0 Å². The highest BCUT2D eigenvalue weighted by atomic mass is 19.1. The maximum absolute atomic E-state index is 14.3. The highest BCUT2D eigenvalue weighted by molar-refractivity contribution is 5.77. The van der Waals surface area contributed by atoms with E-state index in [1.165, 1.54) is 0 Å². The summed E-state index contributed by atoms with van der Waals surface area (Å²) in [6, 6.07) is 1.90. The number of carbonyl (C=O) groups is 2. The van der Waals surface area contributed by atoms with Gasteiger partial charge in [0.1, 0.15) is 33.9 Å². The van der Waals surface area contributed by atoms with Crippen molar-refractivity contribution in [2.45, 2.75) is 71.1 Å². The first kappa shape index (κ1) is 23.7. The van der Waals surface area contributed by atoms with Crippen LogP contribution in [0.5, 0.6) is 0 Å². The molecule has 8 nitrogen and oxygen atoms in total. The van der Waals surface area contributed by atoms with Gasteiger partial charge in [-0.3, -0.25) is 0 Å². The molecule has 2 N–H and O–H groups in total. The van der Waals surface area contributed by atoms with Gasteiger partial charge < -0.3 is 24.7 Å². The van der Waals surface area contributed by atoms with E-state index in [0.29, 0.717) is 0 Å². The number of halogens is 2. The number of aromatic amines is 1. The molecule has 1 aromatic heterocycles. The van der Waals surface area contributed by atoms with Crippen molar-refractivity contribution in [1.29, 1.82) is 0 Å². The third kappa shape index (κ3) is 5.46. The standard InChI is InChI=1S/C22H30F2N4O4/c1-20(2,3)31-18(29)27-22(7-9-28(10-8-22)19(30)32-21(4,5)6)17-25-15-12-13(23)11-14(24)16(15)26-17/h11-12H,7-10H2,1-6H3,(H,25,26)(H,27,29). The van der Waals surface area contributed by atoms with Gasteiger partial charge in [-0.25, -0.2) is 23.4 Å². The van der Waals surface area contributed by atoms with Crippen molar-refractivity contribution in [2.24, 2.45) is 0 Å². The largest absolute Gasteiger partial charge is 0.444 e. The lowest BCUT2D eigenvalue weighted by atomic mass is 9.86. The topological polar surface area (TPSA) is 96.5 Å². The molecule has 1 aromatic carbocycles. The number of piperidine rings is 1. The van der Waals surface area contributed by atoms with E-state index in [1.807, 2.05) is 0 Å². The monoisotopic (exact) mass is 452 g/mol. The van der Waals surface area contributed by atoms with Crippen LogP contribution < -0.4 is 5.32 Å². The minimum Gasteiger partial charge on any atom is -0.444 e. The fraction of sp³-hybridized carbons (Fsp3) is 0.591. The maximum Gasteiger partial charge on any atom is 0.410 e. The Balaban J connectivity index is 1.91. The number of amides is 2. The summed E-state index contributed by atoms with van der Waals surface area (Å²) in [5.74, 6) is -1.27. The predicted octanol–water partition coefficient (Wildman–Crippen LogP) is 4.59. The van der Waals surface area contributed by atoms with Crippen molar-refractivity contribution >= 4 is 23.2 Å². The third-order valence-corrected chi connectivity index (χ3v) is 4.97. The number of H-pyrrole nitrogens is 1. The summed E-state index contributed by atoms with van der Waals surface area (Å²) in [4.78, 5) is 33.9. The van der Waals surface area contributed by atoms with Crippen LogP contribution in [0.15, 0.2) is 12.1 Å². The normalized spacial score (nSPS) is 16.7. The van der Waals surface area contributed by atoms with Gasteiger partial charge >= 0.3 is 12.2 Å². The van der Waals surface area contributed by atoms with Crippen LogP contribution in [-0.2, 0) is 15.0 Å². The number of benzene rings is 1. The molecule has 0 bridgehead atoms. The molecular formula is C22H30F2N4O4. The number of aromatic nitrogens is 2. The number of fused-ring (bicyclic) bond motifs is 1. The van der Waals surface area contributed by atoms with Crippen LogP contribution in [0.25, 0.3) is 11.0 Å². The lowest BCUT2D eigenvalue weighted by Crippen LogP contribution is -2.55. The molecule has 0 radical (unpaired) electrons. The third-order valence-electron chi connectivity index (χ3n) is 4.97. The van der Waals surface area contributed by atoms with E-state index in [4.69, 9.17) is 9.47 Å². The number of nitrogens with one attached hydrogen (secondary N) is 2. The summed E-state index contributed by atoms with van der Waals surface area (Å²) in [5, 5.41) is 2.86. The second kappa shape index (κ2) is 8.22. The molecule has 1 aliphatic heterocycles. The molecule has 176 valence electrons. The number of carbonyl (C=O) groups excluding carboxylic acids is 2. The van der Waals surface area contributed by atoms with Gasteiger partial charge in [0.2, 0.25) is 0 Å². The molecule has 1 fully saturated rings. The summed E-state index contributed by atoms with van der Waals surface area (Å²) >= 11 is 0. The quantitative estimate of drug-likeness (QED) is 0.695. The lowest BCUT2D eigenvalue weighted by molar-refractivity contribution is 0.0107. The number of nitrogens with zero attached hydrogens (tertiary/aromatic N) is 2. The van der Waals surface area contributed by atoms with Gasteiger partial charge in [0.25, 0.3) is 0 Å². The molecule has 10 heteroatoms. The average Bonchev–Trinajstić information content (AvgIpc) is 3.04. The number of hydrogen-bond donors (Lipinski definition) is 2. The smallest absolute Gasteiger partial charge is 0.410 e. The van der Waals surface area contributed by atoms with Crippen LogP contribution in [0, 0.1) is 11.6 Å². The molecule has 1 aliphatic rings. The summed E-state index contributed by atoms with van der Waals surface area (Å²) in [7, 11) is 0. The Labute approximate surface area is 185 Å². The second-order valence-electron chi connectivity index (χ2n) is 10.0. The van der Waals surface area contributed by atoms with Crippen LogP contribution in [0.4, 0.5) is 18.4 Å². The van der Waals surface area contributed by atoms with Crippen molar-refractivity contribution in [3.05, 3.63) is 29.6 Å².